The Hall–Kier alpha value is -3.54. The number of amides is 6. The van der Waals surface area contributed by atoms with Crippen LogP contribution in [0.2, 0.25) is 0 Å². The summed E-state index contributed by atoms with van der Waals surface area (Å²) in [5.74, 6) is -3.75. The molecule has 56 heavy (non-hydrogen) atoms. The molecule has 1 heterocycles. The second-order valence-corrected chi connectivity index (χ2v) is 15.7. The van der Waals surface area contributed by atoms with Crippen molar-refractivity contribution in [3.63, 3.8) is 0 Å². The van der Waals surface area contributed by atoms with Gasteiger partial charge in [0.15, 0.2) is 0 Å². The van der Waals surface area contributed by atoms with Gasteiger partial charge >= 0.3 is 5.97 Å². The first kappa shape index (κ1) is 52.5. The third-order valence-electron chi connectivity index (χ3n) is 8.91. The molecule has 8 N–H and O–H groups in total. The summed E-state index contributed by atoms with van der Waals surface area (Å²) in [4.78, 5) is 92.9. The lowest BCUT2D eigenvalue weighted by atomic mass is 10.0. The normalized spacial score (nSPS) is 17.0. The number of nitrogens with one attached hydrogen (secondary N) is 8. The number of rotatable bonds is 20. The fraction of sp³-hybridized carbons (Fsp3) is 0.816. The summed E-state index contributed by atoms with van der Waals surface area (Å²) in [6.45, 7) is 19.3. The van der Waals surface area contributed by atoms with Crippen molar-refractivity contribution in [1.29, 1.82) is 0 Å². The molecule has 0 aromatic rings. The molecule has 0 aromatic heterocycles. The lowest BCUT2D eigenvalue weighted by molar-refractivity contribution is -0.141. The van der Waals surface area contributed by atoms with E-state index in [1.165, 1.54) is 21.0 Å². The number of halogens is 1. The molecule has 6 amide bonds. The van der Waals surface area contributed by atoms with Crippen molar-refractivity contribution in [3.05, 3.63) is 0 Å². The van der Waals surface area contributed by atoms with Crippen molar-refractivity contribution in [2.75, 3.05) is 59.5 Å². The van der Waals surface area contributed by atoms with E-state index >= 15 is 0 Å². The van der Waals surface area contributed by atoms with E-state index in [0.29, 0.717) is 6.42 Å². The molecule has 1 saturated heterocycles. The molecule has 0 spiro atoms. The molecule has 1 fully saturated rings. The highest BCUT2D eigenvalue weighted by atomic mass is 35.5. The summed E-state index contributed by atoms with van der Waals surface area (Å²) in [6.07, 6.45) is 3.77. The van der Waals surface area contributed by atoms with Crippen LogP contribution in [0.15, 0.2) is 0 Å². The smallest absolute Gasteiger partial charge is 0.325 e. The number of esters is 1. The van der Waals surface area contributed by atoms with Gasteiger partial charge in [0.2, 0.25) is 35.4 Å². The molecule has 0 bridgehead atoms. The molecule has 0 unspecified atom stereocenters. The second kappa shape index (κ2) is 28.8. The zero-order valence-electron chi connectivity index (χ0n) is 35.1. The average molecular weight is 819 g/mol. The zero-order chi connectivity index (χ0) is 41.5. The minimum atomic E-state index is -1.07. The van der Waals surface area contributed by atoms with Gasteiger partial charge in [-0.25, -0.2) is 0 Å². The van der Waals surface area contributed by atoms with Crippen LogP contribution in [-0.4, -0.2) is 136 Å². The Bertz CT molecular complexity index is 1230. The van der Waals surface area contributed by atoms with Crippen LogP contribution in [-0.2, 0) is 38.3 Å². The maximum Gasteiger partial charge on any atom is 0.325 e. The maximum atomic E-state index is 13.5. The van der Waals surface area contributed by atoms with Crippen molar-refractivity contribution in [2.45, 2.75) is 124 Å². The molecule has 324 valence electrons. The number of carbonyl (C=O) groups is 7. The second-order valence-electron chi connectivity index (χ2n) is 15.7. The van der Waals surface area contributed by atoms with Gasteiger partial charge in [0.25, 0.3) is 0 Å². The first-order valence-corrected chi connectivity index (χ1v) is 19.9. The lowest BCUT2D eigenvalue weighted by Crippen LogP contribution is -2.58. The Morgan fingerprint density at radius 2 is 0.946 bits per heavy atom. The fourth-order valence-corrected chi connectivity index (χ4v) is 5.97. The van der Waals surface area contributed by atoms with Gasteiger partial charge in [0.05, 0.1) is 13.7 Å². The van der Waals surface area contributed by atoms with Gasteiger partial charge in [-0.15, -0.1) is 12.4 Å². The molecule has 1 aliphatic rings. The number of hydrogen-bond donors (Lipinski definition) is 8. The van der Waals surface area contributed by atoms with E-state index in [1.54, 1.807) is 0 Å². The molecular weight excluding hydrogens is 746 g/mol. The summed E-state index contributed by atoms with van der Waals surface area (Å²) >= 11 is 0. The highest BCUT2D eigenvalue weighted by molar-refractivity contribution is 5.96. The first-order chi connectivity index (χ1) is 25.9. The molecule has 1 aliphatic heterocycles. The van der Waals surface area contributed by atoms with Gasteiger partial charge in [-0.05, 0) is 109 Å². The Kier molecular flexibility index (Phi) is 27.0. The van der Waals surface area contributed by atoms with Crippen LogP contribution in [0.4, 0.5) is 0 Å². The summed E-state index contributed by atoms with van der Waals surface area (Å²) in [5.41, 5.74) is 0. The van der Waals surface area contributed by atoms with Crippen LogP contribution in [0.5, 0.6) is 0 Å². The number of ether oxygens (including phenoxy) is 1. The van der Waals surface area contributed by atoms with Crippen molar-refractivity contribution < 1.29 is 38.3 Å². The van der Waals surface area contributed by atoms with Crippen LogP contribution in [0, 0.1) is 17.8 Å². The van der Waals surface area contributed by atoms with Gasteiger partial charge in [-0.1, -0.05) is 41.5 Å². The standard InChI is InChI=1S/C38H71N9O8.ClH/c1-24(2)19-29(36(52)41-22-33(49)55-9)45-34(50)27(7)43-38(54)31(21-26(5)6)46-35(51)28(8)42-37(53)30(20-25(3)4)44-32(48)23-47-17-11-15-39-13-10-14-40-16-12-18-47;/h24-31,39-40H,10-23H2,1-9H3,(H,41,52)(H,42,53)(H,43,54)(H,44,48)(H,45,50)(H,46,51);1H/t27-,28-,29-,30-,31-;/m0./s1. The molecule has 1 rings (SSSR count). The Morgan fingerprint density at radius 1 is 0.554 bits per heavy atom. The van der Waals surface area contributed by atoms with Crippen LogP contribution in [0.25, 0.3) is 0 Å². The minimum absolute atomic E-state index is 0. The zero-order valence-corrected chi connectivity index (χ0v) is 36.0. The van der Waals surface area contributed by atoms with Gasteiger partial charge in [0, 0.05) is 0 Å². The van der Waals surface area contributed by atoms with E-state index in [2.05, 4.69) is 52.2 Å². The largest absolute Gasteiger partial charge is 0.468 e. The van der Waals surface area contributed by atoms with Crippen molar-refractivity contribution in [2.24, 2.45) is 17.8 Å². The van der Waals surface area contributed by atoms with Crippen LogP contribution >= 0.6 is 12.4 Å². The van der Waals surface area contributed by atoms with Crippen LogP contribution in [0.3, 0.4) is 0 Å². The third-order valence-corrected chi connectivity index (χ3v) is 8.91. The van der Waals surface area contributed by atoms with Crippen molar-refractivity contribution in [1.82, 2.24) is 47.4 Å². The van der Waals surface area contributed by atoms with E-state index in [9.17, 15) is 33.6 Å². The highest BCUT2D eigenvalue weighted by Crippen LogP contribution is 2.09. The van der Waals surface area contributed by atoms with Gasteiger partial charge in [0.1, 0.15) is 36.8 Å². The molecule has 0 aliphatic carbocycles. The topological polar surface area (TPSA) is 228 Å². The van der Waals surface area contributed by atoms with Crippen LogP contribution in [0.1, 0.15) is 93.9 Å². The highest BCUT2D eigenvalue weighted by Gasteiger charge is 2.31. The predicted octanol–water partition coefficient (Wildman–Crippen LogP) is -0.0354. The predicted molar refractivity (Wildman–Crippen MR) is 218 cm³/mol. The van der Waals surface area contributed by atoms with Gasteiger partial charge < -0.3 is 47.3 Å². The Labute approximate surface area is 340 Å². The van der Waals surface area contributed by atoms with Gasteiger partial charge in [-0.3, -0.25) is 38.5 Å². The molecule has 0 saturated carbocycles. The van der Waals surface area contributed by atoms with Crippen molar-refractivity contribution >= 4 is 53.8 Å². The monoisotopic (exact) mass is 818 g/mol. The number of carbonyl (C=O) groups excluding carboxylic acids is 7. The molecule has 0 radical (unpaired) electrons. The summed E-state index contributed by atoms with van der Waals surface area (Å²) in [7, 11) is 1.20. The molecular formula is C38H72ClN9O8. The minimum Gasteiger partial charge on any atom is -0.468 e. The van der Waals surface area contributed by atoms with Crippen LogP contribution < -0.4 is 42.5 Å². The third kappa shape index (κ3) is 22.9. The Balaban J connectivity index is 0.0000302. The van der Waals surface area contributed by atoms with E-state index in [4.69, 9.17) is 0 Å². The van der Waals surface area contributed by atoms with E-state index in [1.807, 2.05) is 41.5 Å². The van der Waals surface area contributed by atoms with Crippen molar-refractivity contribution in [3.8, 4) is 0 Å². The summed E-state index contributed by atoms with van der Waals surface area (Å²) in [5, 5.41) is 22.8. The van der Waals surface area contributed by atoms with Gasteiger partial charge in [-0.2, -0.15) is 0 Å². The maximum absolute atomic E-state index is 13.5. The van der Waals surface area contributed by atoms with E-state index < -0.39 is 65.7 Å². The molecule has 0 aromatic carbocycles. The number of nitrogens with zero attached hydrogens (tertiary/aromatic N) is 1. The molecule has 18 heteroatoms. The average Bonchev–Trinajstić information content (AvgIpc) is 3.09. The Morgan fingerprint density at radius 3 is 1.36 bits per heavy atom. The SMILES string of the molecule is COC(=O)CNC(=O)[C@H](CC(C)C)NC(=O)[C@H](C)NC(=O)[C@H](CC(C)C)NC(=O)[C@H](C)NC(=O)[C@H](CC(C)C)NC(=O)CN1CCCNCCCNCCC1.Cl. The first-order valence-electron chi connectivity index (χ1n) is 19.9. The van der Waals surface area contributed by atoms with E-state index in [-0.39, 0.29) is 62.0 Å². The quantitative estimate of drug-likeness (QED) is 0.0761. The molecule has 17 nitrogen and oxygen atoms in total. The summed E-state index contributed by atoms with van der Waals surface area (Å²) < 4.78 is 4.55. The number of hydrogen-bond acceptors (Lipinski definition) is 11. The summed E-state index contributed by atoms with van der Waals surface area (Å²) in [6, 6.07) is -4.98. The molecule has 5 atom stereocenters. The fourth-order valence-electron chi connectivity index (χ4n) is 5.97. The number of methoxy groups -OCH3 is 1. The van der Waals surface area contributed by atoms with E-state index in [0.717, 1.165) is 58.5 Å². The lowest BCUT2D eigenvalue weighted by Gasteiger charge is -2.27.